The molecule has 0 radical (unpaired) electrons. The first-order valence-corrected chi connectivity index (χ1v) is 6.89. The highest BCUT2D eigenvalue weighted by atomic mass is 16.5. The zero-order chi connectivity index (χ0) is 15.7. The molecule has 0 N–H and O–H groups in total. The fourth-order valence-electron chi connectivity index (χ4n) is 2.52. The molecule has 3 rings (SSSR count). The van der Waals surface area contributed by atoms with Crippen molar-refractivity contribution in [2.75, 3.05) is 18.1 Å². The quantitative estimate of drug-likeness (QED) is 0.598. The predicted octanol–water partition coefficient (Wildman–Crippen LogP) is 0.543. The highest BCUT2D eigenvalue weighted by molar-refractivity contribution is 6.25. The van der Waals surface area contributed by atoms with Crippen molar-refractivity contribution in [3.63, 3.8) is 0 Å². The average molecular weight is 302 g/mol. The molecule has 8 nitrogen and oxygen atoms in total. The van der Waals surface area contributed by atoms with Crippen molar-refractivity contribution < 1.29 is 19.1 Å². The molecule has 0 aromatic heterocycles. The monoisotopic (exact) mass is 302 g/mol. The number of imide groups is 1. The number of carbonyl (C=O) groups excluding carboxylic acids is 3. The zero-order valence-electron chi connectivity index (χ0n) is 11.9. The standard InChI is InChI=1S/C14H14N4O4/c1-2-22-10(19)8-17-12-11(15-16-17)13(20)18(14(12)21)9-6-4-3-5-7-9/h3-7,11-12H,2,8H2,1H3/t11-,12-/m1/s1. The maximum atomic E-state index is 12.5. The van der Waals surface area contributed by atoms with Gasteiger partial charge in [-0.15, -0.1) is 0 Å². The van der Waals surface area contributed by atoms with Gasteiger partial charge in [-0.25, -0.2) is 4.90 Å². The molecule has 8 heteroatoms. The summed E-state index contributed by atoms with van der Waals surface area (Å²) in [4.78, 5) is 37.5. The van der Waals surface area contributed by atoms with Crippen LogP contribution in [0.5, 0.6) is 0 Å². The first kappa shape index (κ1) is 14.2. The van der Waals surface area contributed by atoms with Crippen LogP contribution >= 0.6 is 0 Å². The van der Waals surface area contributed by atoms with Gasteiger partial charge in [-0.1, -0.05) is 23.4 Å². The SMILES string of the molecule is CCOC(=O)CN1N=N[C@H]2C(=O)N(c3ccccc3)C(=O)[C@@H]21. The van der Waals surface area contributed by atoms with Gasteiger partial charge >= 0.3 is 5.97 Å². The van der Waals surface area contributed by atoms with Gasteiger partial charge in [0.05, 0.1) is 12.3 Å². The predicted molar refractivity (Wildman–Crippen MR) is 74.7 cm³/mol. The number of esters is 1. The number of nitrogens with zero attached hydrogens (tertiary/aromatic N) is 4. The number of hydrogen-bond donors (Lipinski definition) is 0. The van der Waals surface area contributed by atoms with Crippen LogP contribution in [0.4, 0.5) is 5.69 Å². The summed E-state index contributed by atoms with van der Waals surface area (Å²) in [5, 5.41) is 8.81. The lowest BCUT2D eigenvalue weighted by Crippen LogP contribution is -2.42. The summed E-state index contributed by atoms with van der Waals surface area (Å²) in [6, 6.07) is 6.83. The van der Waals surface area contributed by atoms with E-state index in [1.807, 2.05) is 0 Å². The maximum absolute atomic E-state index is 12.5. The van der Waals surface area contributed by atoms with Crippen LogP contribution in [0.1, 0.15) is 6.92 Å². The second-order valence-electron chi connectivity index (χ2n) is 4.84. The molecular weight excluding hydrogens is 288 g/mol. The molecule has 2 heterocycles. The number of rotatable bonds is 4. The van der Waals surface area contributed by atoms with Gasteiger partial charge in [-0.05, 0) is 19.1 Å². The Balaban J connectivity index is 1.82. The van der Waals surface area contributed by atoms with E-state index < -0.39 is 29.9 Å². The third kappa shape index (κ3) is 2.22. The Hall–Kier alpha value is -2.77. The van der Waals surface area contributed by atoms with Crippen LogP contribution in [-0.4, -0.2) is 48.0 Å². The van der Waals surface area contributed by atoms with Gasteiger partial charge < -0.3 is 4.74 Å². The fraction of sp³-hybridized carbons (Fsp3) is 0.357. The Morgan fingerprint density at radius 3 is 2.64 bits per heavy atom. The highest BCUT2D eigenvalue weighted by Crippen LogP contribution is 2.31. The molecule has 1 fully saturated rings. The summed E-state index contributed by atoms with van der Waals surface area (Å²) >= 11 is 0. The van der Waals surface area contributed by atoms with E-state index >= 15 is 0 Å². The lowest BCUT2D eigenvalue weighted by atomic mass is 10.2. The summed E-state index contributed by atoms with van der Waals surface area (Å²) in [5.74, 6) is -1.38. The van der Waals surface area contributed by atoms with E-state index in [1.165, 1.54) is 5.01 Å². The van der Waals surface area contributed by atoms with Crippen molar-refractivity contribution in [2.45, 2.75) is 19.0 Å². The first-order valence-electron chi connectivity index (χ1n) is 6.89. The second-order valence-corrected chi connectivity index (χ2v) is 4.84. The Labute approximate surface area is 126 Å². The highest BCUT2D eigenvalue weighted by Gasteiger charge is 2.55. The average Bonchev–Trinajstić information content (AvgIpc) is 3.02. The van der Waals surface area contributed by atoms with E-state index in [0.717, 1.165) is 4.90 Å². The number of amides is 2. The molecule has 2 aliphatic rings. The van der Waals surface area contributed by atoms with E-state index in [1.54, 1.807) is 37.3 Å². The van der Waals surface area contributed by atoms with Crippen molar-refractivity contribution >= 4 is 23.5 Å². The number of ether oxygens (including phenoxy) is 1. The van der Waals surface area contributed by atoms with Crippen molar-refractivity contribution in [3.8, 4) is 0 Å². The molecule has 2 amide bonds. The van der Waals surface area contributed by atoms with Crippen LogP contribution in [0, 0.1) is 0 Å². The number of hydrogen-bond acceptors (Lipinski definition) is 7. The molecule has 0 aliphatic carbocycles. The fourth-order valence-corrected chi connectivity index (χ4v) is 2.52. The Kier molecular flexibility index (Phi) is 3.58. The van der Waals surface area contributed by atoms with Gasteiger partial charge in [0.2, 0.25) is 0 Å². The smallest absolute Gasteiger partial charge is 0.327 e. The van der Waals surface area contributed by atoms with Crippen LogP contribution in [0.25, 0.3) is 0 Å². The number of para-hydroxylation sites is 1. The van der Waals surface area contributed by atoms with E-state index in [-0.39, 0.29) is 13.2 Å². The normalized spacial score (nSPS) is 23.1. The molecule has 1 saturated heterocycles. The summed E-state index contributed by atoms with van der Waals surface area (Å²) in [7, 11) is 0. The van der Waals surface area contributed by atoms with Gasteiger partial charge in [0.15, 0.2) is 12.1 Å². The lowest BCUT2D eigenvalue weighted by Gasteiger charge is -2.19. The topological polar surface area (TPSA) is 91.6 Å². The number of benzene rings is 1. The molecule has 0 saturated carbocycles. The Morgan fingerprint density at radius 1 is 1.23 bits per heavy atom. The van der Waals surface area contributed by atoms with Crippen LogP contribution in [0.15, 0.2) is 40.7 Å². The Morgan fingerprint density at radius 2 is 1.95 bits per heavy atom. The second kappa shape index (κ2) is 5.55. The van der Waals surface area contributed by atoms with Crippen molar-refractivity contribution in [3.05, 3.63) is 30.3 Å². The van der Waals surface area contributed by atoms with Crippen LogP contribution < -0.4 is 4.90 Å². The number of anilines is 1. The number of carbonyl (C=O) groups is 3. The first-order chi connectivity index (χ1) is 10.6. The van der Waals surface area contributed by atoms with Crippen LogP contribution in [0.3, 0.4) is 0 Å². The molecule has 1 aromatic rings. The van der Waals surface area contributed by atoms with Crippen molar-refractivity contribution in [2.24, 2.45) is 10.3 Å². The molecule has 1 aromatic carbocycles. The van der Waals surface area contributed by atoms with Crippen molar-refractivity contribution in [1.82, 2.24) is 5.01 Å². The third-order valence-electron chi connectivity index (χ3n) is 3.47. The lowest BCUT2D eigenvalue weighted by molar-refractivity contribution is -0.145. The zero-order valence-corrected chi connectivity index (χ0v) is 11.9. The molecule has 114 valence electrons. The molecular formula is C14H14N4O4. The molecule has 22 heavy (non-hydrogen) atoms. The van der Waals surface area contributed by atoms with E-state index in [0.29, 0.717) is 5.69 Å². The molecule has 0 bridgehead atoms. The van der Waals surface area contributed by atoms with Gasteiger partial charge in [0.25, 0.3) is 11.8 Å². The van der Waals surface area contributed by atoms with Gasteiger partial charge in [0, 0.05) is 0 Å². The third-order valence-corrected chi connectivity index (χ3v) is 3.47. The molecule has 0 unspecified atom stereocenters. The van der Waals surface area contributed by atoms with E-state index in [2.05, 4.69) is 10.3 Å². The largest absolute Gasteiger partial charge is 0.465 e. The minimum atomic E-state index is -0.901. The van der Waals surface area contributed by atoms with Gasteiger partial charge in [-0.3, -0.25) is 19.4 Å². The summed E-state index contributed by atoms with van der Waals surface area (Å²) in [6.07, 6.45) is 0. The molecule has 2 atom stereocenters. The van der Waals surface area contributed by atoms with E-state index in [4.69, 9.17) is 4.74 Å². The minimum absolute atomic E-state index is 0.208. The van der Waals surface area contributed by atoms with Crippen LogP contribution in [0.2, 0.25) is 0 Å². The molecule has 2 aliphatic heterocycles. The maximum Gasteiger partial charge on any atom is 0.327 e. The van der Waals surface area contributed by atoms with Gasteiger partial charge in [0.1, 0.15) is 6.54 Å². The Bertz CT molecular complexity index is 646. The summed E-state index contributed by atoms with van der Waals surface area (Å²) < 4.78 is 4.83. The summed E-state index contributed by atoms with van der Waals surface area (Å²) in [5.41, 5.74) is 0.484. The minimum Gasteiger partial charge on any atom is -0.465 e. The van der Waals surface area contributed by atoms with Crippen LogP contribution in [-0.2, 0) is 19.1 Å². The van der Waals surface area contributed by atoms with E-state index in [9.17, 15) is 14.4 Å². The summed E-state index contributed by atoms with van der Waals surface area (Å²) in [6.45, 7) is 1.72. The molecule has 0 spiro atoms. The van der Waals surface area contributed by atoms with Gasteiger partial charge in [-0.2, -0.15) is 5.11 Å². The van der Waals surface area contributed by atoms with Crippen molar-refractivity contribution in [1.29, 1.82) is 0 Å². The number of fused-ring (bicyclic) bond motifs is 1.